The highest BCUT2D eigenvalue weighted by atomic mass is 79.9. The van der Waals surface area contributed by atoms with E-state index in [0.29, 0.717) is 11.4 Å². The Bertz CT molecular complexity index is 868. The minimum Gasteiger partial charge on any atom is -0.378 e. The van der Waals surface area contributed by atoms with Crippen molar-refractivity contribution in [1.29, 1.82) is 0 Å². The molecule has 5 heteroatoms. The summed E-state index contributed by atoms with van der Waals surface area (Å²) in [6.45, 7) is 2.08. The molecule has 0 aliphatic heterocycles. The molecule has 1 amide bonds. The Balaban J connectivity index is 1.73. The summed E-state index contributed by atoms with van der Waals surface area (Å²) >= 11 is 3.42. The number of nitrogens with one attached hydrogen (secondary N) is 2. The van der Waals surface area contributed by atoms with E-state index in [2.05, 4.69) is 50.6 Å². The van der Waals surface area contributed by atoms with Gasteiger partial charge in [0.05, 0.1) is 5.69 Å². The Morgan fingerprint density at radius 2 is 1.76 bits per heavy atom. The second kappa shape index (κ2) is 7.94. The van der Waals surface area contributed by atoms with Crippen LogP contribution in [0.2, 0.25) is 0 Å². The number of carbonyl (C=O) groups excluding carboxylic acids is 1. The molecule has 1 heterocycles. The van der Waals surface area contributed by atoms with E-state index in [1.807, 2.05) is 48.5 Å². The lowest BCUT2D eigenvalue weighted by Gasteiger charge is -2.16. The smallest absolute Gasteiger partial charge is 0.274 e. The third kappa shape index (κ3) is 4.45. The van der Waals surface area contributed by atoms with Crippen LogP contribution in [0.5, 0.6) is 0 Å². The molecule has 3 aromatic rings. The van der Waals surface area contributed by atoms with E-state index in [-0.39, 0.29) is 11.9 Å². The van der Waals surface area contributed by atoms with Crippen LogP contribution in [0.15, 0.2) is 77.4 Å². The molecule has 0 spiro atoms. The second-order valence-electron chi connectivity index (χ2n) is 5.64. The maximum atomic E-state index is 12.5. The van der Waals surface area contributed by atoms with Crippen molar-refractivity contribution in [3.63, 3.8) is 0 Å². The lowest BCUT2D eigenvalue weighted by molar-refractivity contribution is 0.102. The maximum absolute atomic E-state index is 12.5. The normalized spacial score (nSPS) is 11.6. The van der Waals surface area contributed by atoms with E-state index in [4.69, 9.17) is 0 Å². The van der Waals surface area contributed by atoms with Gasteiger partial charge in [-0.25, -0.2) is 0 Å². The zero-order valence-electron chi connectivity index (χ0n) is 13.7. The van der Waals surface area contributed by atoms with Crippen LogP contribution < -0.4 is 10.6 Å². The molecule has 0 aliphatic carbocycles. The van der Waals surface area contributed by atoms with Crippen molar-refractivity contribution in [3.8, 4) is 0 Å². The summed E-state index contributed by atoms with van der Waals surface area (Å²) in [7, 11) is 0. The van der Waals surface area contributed by atoms with Gasteiger partial charge in [-0.05, 0) is 52.7 Å². The highest BCUT2D eigenvalue weighted by Gasteiger charge is 2.11. The van der Waals surface area contributed by atoms with Crippen LogP contribution >= 0.6 is 15.9 Å². The minimum atomic E-state index is -0.247. The van der Waals surface area contributed by atoms with Gasteiger partial charge in [0, 0.05) is 22.4 Å². The topological polar surface area (TPSA) is 54.0 Å². The number of amides is 1. The molecular weight excluding hydrogens is 378 g/mol. The molecule has 0 radical (unpaired) electrons. The van der Waals surface area contributed by atoms with Crippen LogP contribution in [-0.4, -0.2) is 10.9 Å². The molecule has 0 saturated carbocycles. The summed E-state index contributed by atoms with van der Waals surface area (Å²) in [6.07, 6.45) is 1.63. The van der Waals surface area contributed by atoms with E-state index >= 15 is 0 Å². The highest BCUT2D eigenvalue weighted by Crippen LogP contribution is 2.23. The average Bonchev–Trinajstić information content (AvgIpc) is 2.64. The van der Waals surface area contributed by atoms with Gasteiger partial charge in [0.15, 0.2) is 0 Å². The Morgan fingerprint density at radius 1 is 1.04 bits per heavy atom. The molecule has 0 saturated heterocycles. The van der Waals surface area contributed by atoms with Crippen molar-refractivity contribution in [2.24, 2.45) is 0 Å². The number of carbonyl (C=O) groups is 1. The molecule has 2 N–H and O–H groups in total. The fourth-order valence-corrected chi connectivity index (χ4v) is 2.85. The predicted octanol–water partition coefficient (Wildman–Crippen LogP) is 5.27. The van der Waals surface area contributed by atoms with E-state index < -0.39 is 0 Å². The van der Waals surface area contributed by atoms with Crippen LogP contribution in [-0.2, 0) is 0 Å². The molecule has 25 heavy (non-hydrogen) atoms. The summed E-state index contributed by atoms with van der Waals surface area (Å²) < 4.78 is 0.829. The summed E-state index contributed by atoms with van der Waals surface area (Å²) in [5.41, 5.74) is 3.11. The Morgan fingerprint density at radius 3 is 2.52 bits per heavy atom. The SMILES string of the molecule is CC(Nc1ccnc(C(=O)Nc2ccccc2Br)c1)c1ccccc1. The van der Waals surface area contributed by atoms with Gasteiger partial charge in [-0.15, -0.1) is 0 Å². The lowest BCUT2D eigenvalue weighted by atomic mass is 10.1. The summed E-state index contributed by atoms with van der Waals surface area (Å²) in [4.78, 5) is 16.6. The van der Waals surface area contributed by atoms with Gasteiger partial charge in [-0.3, -0.25) is 9.78 Å². The molecule has 0 bridgehead atoms. The van der Waals surface area contributed by atoms with Crippen molar-refractivity contribution >= 4 is 33.2 Å². The van der Waals surface area contributed by atoms with Crippen molar-refractivity contribution in [2.75, 3.05) is 10.6 Å². The zero-order valence-corrected chi connectivity index (χ0v) is 15.3. The number of hydrogen-bond acceptors (Lipinski definition) is 3. The first-order valence-corrected chi connectivity index (χ1v) is 8.76. The molecule has 1 atom stereocenters. The number of para-hydroxylation sites is 1. The van der Waals surface area contributed by atoms with Gasteiger partial charge in [0.2, 0.25) is 0 Å². The van der Waals surface area contributed by atoms with Gasteiger partial charge >= 0.3 is 0 Å². The Labute approximate surface area is 155 Å². The van der Waals surface area contributed by atoms with Crippen molar-refractivity contribution in [1.82, 2.24) is 4.98 Å². The molecule has 1 aromatic heterocycles. The third-order valence-electron chi connectivity index (χ3n) is 3.80. The van der Waals surface area contributed by atoms with Crippen LogP contribution in [0.1, 0.15) is 29.0 Å². The lowest BCUT2D eigenvalue weighted by Crippen LogP contribution is -2.15. The van der Waals surface area contributed by atoms with Crippen molar-refractivity contribution in [2.45, 2.75) is 13.0 Å². The predicted molar refractivity (Wildman–Crippen MR) is 105 cm³/mol. The van der Waals surface area contributed by atoms with Crippen molar-refractivity contribution in [3.05, 3.63) is 88.7 Å². The summed E-state index contributed by atoms with van der Waals surface area (Å²) in [5, 5.41) is 6.26. The molecule has 0 fully saturated rings. The standard InChI is InChI=1S/C20H18BrN3O/c1-14(15-7-3-2-4-8-15)23-16-11-12-22-19(13-16)20(25)24-18-10-6-5-9-17(18)21/h2-14H,1H3,(H,22,23)(H,24,25). The van der Waals surface area contributed by atoms with Gasteiger partial charge in [-0.1, -0.05) is 42.5 Å². The molecule has 1 unspecified atom stereocenters. The monoisotopic (exact) mass is 395 g/mol. The molecular formula is C20H18BrN3O. The van der Waals surface area contributed by atoms with E-state index in [9.17, 15) is 4.79 Å². The number of aromatic nitrogens is 1. The highest BCUT2D eigenvalue weighted by molar-refractivity contribution is 9.10. The summed E-state index contributed by atoms with van der Waals surface area (Å²) in [6, 6.07) is 21.4. The van der Waals surface area contributed by atoms with Gasteiger partial charge in [0.1, 0.15) is 5.69 Å². The quantitative estimate of drug-likeness (QED) is 0.618. The summed E-state index contributed by atoms with van der Waals surface area (Å²) in [5.74, 6) is -0.247. The minimum absolute atomic E-state index is 0.128. The molecule has 126 valence electrons. The molecule has 0 aliphatic rings. The van der Waals surface area contributed by atoms with Crippen LogP contribution in [0, 0.1) is 0 Å². The number of nitrogens with zero attached hydrogens (tertiary/aromatic N) is 1. The Hall–Kier alpha value is -2.66. The van der Waals surface area contributed by atoms with Crippen molar-refractivity contribution < 1.29 is 4.79 Å². The number of benzene rings is 2. The van der Waals surface area contributed by atoms with Crippen LogP contribution in [0.4, 0.5) is 11.4 Å². The fourth-order valence-electron chi connectivity index (χ4n) is 2.47. The first-order valence-electron chi connectivity index (χ1n) is 7.97. The van der Waals surface area contributed by atoms with Crippen LogP contribution in [0.3, 0.4) is 0 Å². The van der Waals surface area contributed by atoms with Gasteiger partial charge < -0.3 is 10.6 Å². The van der Waals surface area contributed by atoms with E-state index in [1.54, 1.807) is 12.3 Å². The van der Waals surface area contributed by atoms with Gasteiger partial charge in [-0.2, -0.15) is 0 Å². The average molecular weight is 396 g/mol. The van der Waals surface area contributed by atoms with Crippen LogP contribution in [0.25, 0.3) is 0 Å². The number of rotatable bonds is 5. The largest absolute Gasteiger partial charge is 0.378 e. The number of anilines is 2. The van der Waals surface area contributed by atoms with E-state index in [1.165, 1.54) is 5.56 Å². The van der Waals surface area contributed by atoms with E-state index in [0.717, 1.165) is 10.2 Å². The first-order chi connectivity index (χ1) is 12.1. The Kier molecular flexibility index (Phi) is 5.46. The first kappa shape index (κ1) is 17.2. The maximum Gasteiger partial charge on any atom is 0.274 e. The fraction of sp³-hybridized carbons (Fsp3) is 0.100. The second-order valence-corrected chi connectivity index (χ2v) is 6.49. The number of hydrogen-bond donors (Lipinski definition) is 2. The molecule has 3 rings (SSSR count). The third-order valence-corrected chi connectivity index (χ3v) is 4.49. The molecule has 2 aromatic carbocycles. The van der Waals surface area contributed by atoms with Gasteiger partial charge in [0.25, 0.3) is 5.91 Å². The zero-order chi connectivity index (χ0) is 17.6. The number of halogens is 1. The molecule has 4 nitrogen and oxygen atoms in total. The number of pyridine rings is 1.